The molecule has 4 nitrogen and oxygen atoms in total. The van der Waals surface area contributed by atoms with Crippen molar-refractivity contribution in [3.8, 4) is 22.4 Å². The molecule has 0 bridgehead atoms. The molecule has 0 amide bonds. The fourth-order valence-electron chi connectivity index (χ4n) is 2.91. The highest BCUT2D eigenvalue weighted by Gasteiger charge is 2.07. The van der Waals surface area contributed by atoms with Crippen LogP contribution in [0.4, 0.5) is 0 Å². The maximum Gasteiger partial charge on any atom is 0.194 e. The summed E-state index contributed by atoms with van der Waals surface area (Å²) in [6.07, 6.45) is 5.30. The van der Waals surface area contributed by atoms with Crippen molar-refractivity contribution in [3.63, 3.8) is 0 Å². The Morgan fingerprint density at radius 2 is 1.56 bits per heavy atom. The van der Waals surface area contributed by atoms with Gasteiger partial charge in [0.1, 0.15) is 12.0 Å². The van der Waals surface area contributed by atoms with Gasteiger partial charge >= 0.3 is 0 Å². The van der Waals surface area contributed by atoms with Crippen molar-refractivity contribution in [1.29, 1.82) is 0 Å². The van der Waals surface area contributed by atoms with Gasteiger partial charge in [0.15, 0.2) is 5.89 Å². The molecule has 0 aliphatic carbocycles. The van der Waals surface area contributed by atoms with E-state index in [4.69, 9.17) is 15.3 Å². The predicted molar refractivity (Wildman–Crippen MR) is 112 cm³/mol. The van der Waals surface area contributed by atoms with Crippen molar-refractivity contribution >= 4 is 12.4 Å². The van der Waals surface area contributed by atoms with Crippen LogP contribution in [0.25, 0.3) is 22.4 Å². The molecule has 27 heavy (non-hydrogen) atoms. The number of halogens is 1. The molecule has 0 saturated heterocycles. The average molecular weight is 387 g/mol. The smallest absolute Gasteiger partial charge is 0.194 e. The highest BCUT2D eigenvalue weighted by molar-refractivity contribution is 5.85. The van der Waals surface area contributed by atoms with Crippen LogP contribution in [-0.4, -0.2) is 22.7 Å². The lowest BCUT2D eigenvalue weighted by molar-refractivity contribution is 0.260. The Labute approximate surface area is 166 Å². The van der Waals surface area contributed by atoms with Crippen LogP contribution in [0.1, 0.15) is 31.2 Å². The van der Waals surface area contributed by atoms with Crippen LogP contribution in [0.3, 0.4) is 0 Å². The molecule has 0 radical (unpaired) electrons. The molecule has 3 rings (SSSR count). The van der Waals surface area contributed by atoms with Crippen molar-refractivity contribution in [2.24, 2.45) is 5.73 Å². The number of hydrogen-bond donors (Lipinski definition) is 2. The lowest BCUT2D eigenvalue weighted by atomic mass is 10.00. The van der Waals surface area contributed by atoms with Crippen molar-refractivity contribution < 1.29 is 9.52 Å². The molecule has 3 aromatic rings. The number of aromatic nitrogens is 1. The molecule has 5 heteroatoms. The van der Waals surface area contributed by atoms with E-state index in [-0.39, 0.29) is 25.1 Å². The van der Waals surface area contributed by atoms with Gasteiger partial charge in [-0.05, 0) is 36.0 Å². The van der Waals surface area contributed by atoms with Gasteiger partial charge < -0.3 is 15.3 Å². The van der Waals surface area contributed by atoms with Gasteiger partial charge in [-0.1, -0.05) is 55.5 Å². The first-order valence-corrected chi connectivity index (χ1v) is 9.20. The van der Waals surface area contributed by atoms with Gasteiger partial charge in [0, 0.05) is 18.0 Å². The lowest BCUT2D eigenvalue weighted by Crippen LogP contribution is -2.24. The summed E-state index contributed by atoms with van der Waals surface area (Å²) >= 11 is 0. The number of hydrogen-bond acceptors (Lipinski definition) is 4. The van der Waals surface area contributed by atoms with Gasteiger partial charge in [0.05, 0.1) is 6.61 Å². The van der Waals surface area contributed by atoms with E-state index in [0.29, 0.717) is 0 Å². The lowest BCUT2D eigenvalue weighted by Gasteiger charge is -2.08. The molecule has 0 saturated carbocycles. The minimum atomic E-state index is -0.142. The zero-order valence-corrected chi connectivity index (χ0v) is 16.4. The van der Waals surface area contributed by atoms with E-state index in [9.17, 15) is 0 Å². The van der Waals surface area contributed by atoms with Gasteiger partial charge in [-0.15, -0.1) is 12.4 Å². The Balaban J connectivity index is 0.00000261. The van der Waals surface area contributed by atoms with Crippen molar-refractivity contribution in [3.05, 3.63) is 66.2 Å². The molecule has 2 aromatic carbocycles. The number of nitrogens with two attached hydrogens (primary N) is 1. The third kappa shape index (κ3) is 5.67. The summed E-state index contributed by atoms with van der Waals surface area (Å²) < 4.78 is 5.50. The Hall–Kier alpha value is -2.14. The van der Waals surface area contributed by atoms with E-state index >= 15 is 0 Å². The molecule has 1 heterocycles. The highest BCUT2D eigenvalue weighted by atomic mass is 35.5. The zero-order chi connectivity index (χ0) is 18.4. The van der Waals surface area contributed by atoms with E-state index in [1.165, 1.54) is 16.7 Å². The van der Waals surface area contributed by atoms with Crippen molar-refractivity contribution in [1.82, 2.24) is 4.98 Å². The summed E-state index contributed by atoms with van der Waals surface area (Å²) in [5.74, 6) is 0.795. The Bertz CT molecular complexity index is 813. The standard InChI is InChI=1S/C22H26N2O2.ClH/c1-2-3-22-24-21(15-26-22)19-11-9-18(10-12-19)17-7-4-16(5-8-17)6-13-20(23)14-25;/h4-5,7-12,15,20,25H,2-3,6,13-14,23H2,1H3;1H/t20-;/m1./s1. The van der Waals surface area contributed by atoms with Crippen LogP contribution >= 0.6 is 12.4 Å². The Morgan fingerprint density at radius 1 is 0.963 bits per heavy atom. The Kier molecular flexibility index (Phi) is 8.04. The fourth-order valence-corrected chi connectivity index (χ4v) is 2.91. The molecule has 0 spiro atoms. The average Bonchev–Trinajstić information content (AvgIpc) is 3.15. The minimum absolute atomic E-state index is 0. The molecular formula is C22H27ClN2O2. The molecule has 0 aliphatic rings. The second-order valence-electron chi connectivity index (χ2n) is 6.63. The first-order valence-electron chi connectivity index (χ1n) is 9.20. The van der Waals surface area contributed by atoms with Crippen LogP contribution in [-0.2, 0) is 12.8 Å². The second kappa shape index (κ2) is 10.3. The fraction of sp³-hybridized carbons (Fsp3) is 0.318. The summed E-state index contributed by atoms with van der Waals surface area (Å²) in [6, 6.07) is 16.8. The second-order valence-corrected chi connectivity index (χ2v) is 6.63. The van der Waals surface area contributed by atoms with E-state index in [1.54, 1.807) is 6.26 Å². The maximum atomic E-state index is 9.00. The SMILES string of the molecule is CCCc1nc(-c2ccc(-c3ccc(CC[C@@H](N)CO)cc3)cc2)co1.Cl. The van der Waals surface area contributed by atoms with Crippen LogP contribution in [0, 0.1) is 0 Å². The highest BCUT2D eigenvalue weighted by Crippen LogP contribution is 2.25. The third-order valence-corrected chi connectivity index (χ3v) is 4.52. The van der Waals surface area contributed by atoms with E-state index in [1.807, 2.05) is 0 Å². The van der Waals surface area contributed by atoms with Crippen molar-refractivity contribution in [2.45, 2.75) is 38.6 Å². The summed E-state index contributed by atoms with van der Waals surface area (Å²) in [5.41, 5.74) is 11.3. The monoisotopic (exact) mass is 386 g/mol. The minimum Gasteiger partial charge on any atom is -0.448 e. The van der Waals surface area contributed by atoms with Gasteiger partial charge in [0.25, 0.3) is 0 Å². The third-order valence-electron chi connectivity index (χ3n) is 4.52. The van der Waals surface area contributed by atoms with E-state index in [2.05, 4.69) is 60.4 Å². The van der Waals surface area contributed by atoms with Crippen LogP contribution in [0.15, 0.2) is 59.2 Å². The normalized spacial score (nSPS) is 11.8. The first kappa shape index (κ1) is 21.2. The molecule has 144 valence electrons. The number of rotatable bonds is 8. The topological polar surface area (TPSA) is 72.3 Å². The number of aryl methyl sites for hydroxylation is 2. The molecule has 0 unspecified atom stereocenters. The first-order chi connectivity index (χ1) is 12.7. The summed E-state index contributed by atoms with van der Waals surface area (Å²) in [4.78, 5) is 4.53. The zero-order valence-electron chi connectivity index (χ0n) is 15.6. The number of oxazole rings is 1. The number of aliphatic hydroxyl groups excluding tert-OH is 1. The van der Waals surface area contributed by atoms with E-state index in [0.717, 1.165) is 42.8 Å². The van der Waals surface area contributed by atoms with Crippen LogP contribution in [0.5, 0.6) is 0 Å². The number of aliphatic hydroxyl groups is 1. The van der Waals surface area contributed by atoms with Crippen LogP contribution in [0.2, 0.25) is 0 Å². The summed E-state index contributed by atoms with van der Waals surface area (Å²) in [6.45, 7) is 2.15. The number of benzene rings is 2. The molecular weight excluding hydrogens is 360 g/mol. The predicted octanol–water partition coefficient (Wildman–Crippen LogP) is 4.64. The number of nitrogens with zero attached hydrogens (tertiary/aromatic N) is 1. The molecule has 3 N–H and O–H groups in total. The van der Waals surface area contributed by atoms with Gasteiger partial charge in [-0.3, -0.25) is 0 Å². The van der Waals surface area contributed by atoms with Gasteiger partial charge in [-0.25, -0.2) is 4.98 Å². The quantitative estimate of drug-likeness (QED) is 0.591. The summed E-state index contributed by atoms with van der Waals surface area (Å²) in [5, 5.41) is 9.00. The van der Waals surface area contributed by atoms with Gasteiger partial charge in [-0.2, -0.15) is 0 Å². The van der Waals surface area contributed by atoms with E-state index < -0.39 is 0 Å². The summed E-state index contributed by atoms with van der Waals surface area (Å²) in [7, 11) is 0. The molecule has 0 aliphatic heterocycles. The van der Waals surface area contributed by atoms with Gasteiger partial charge in [0.2, 0.25) is 0 Å². The molecule has 1 aromatic heterocycles. The van der Waals surface area contributed by atoms with Crippen molar-refractivity contribution in [2.75, 3.05) is 6.61 Å². The largest absolute Gasteiger partial charge is 0.448 e. The molecule has 0 fully saturated rings. The molecule has 1 atom stereocenters. The van der Waals surface area contributed by atoms with Crippen LogP contribution < -0.4 is 5.73 Å². The maximum absolute atomic E-state index is 9.00. The Morgan fingerprint density at radius 3 is 2.15 bits per heavy atom.